The van der Waals surface area contributed by atoms with Gasteiger partial charge in [-0.15, -0.1) is 0 Å². The van der Waals surface area contributed by atoms with Crippen LogP contribution in [0.2, 0.25) is 0 Å². The lowest BCUT2D eigenvalue weighted by Crippen LogP contribution is -2.34. The minimum atomic E-state index is 0.767. The van der Waals surface area contributed by atoms with E-state index in [-0.39, 0.29) is 0 Å². The molecule has 0 aromatic carbocycles. The Kier molecular flexibility index (Phi) is 7.54. The van der Waals surface area contributed by atoms with E-state index < -0.39 is 0 Å². The van der Waals surface area contributed by atoms with E-state index in [1.807, 2.05) is 11.8 Å². The molecule has 1 saturated carbocycles. The maximum absolute atomic E-state index is 3.70. The van der Waals surface area contributed by atoms with Crippen LogP contribution in [0.4, 0.5) is 0 Å². The van der Waals surface area contributed by atoms with Crippen LogP contribution in [0.1, 0.15) is 51.9 Å². The van der Waals surface area contributed by atoms with Crippen LogP contribution in [0.15, 0.2) is 0 Å². The van der Waals surface area contributed by atoms with Crippen molar-refractivity contribution in [2.45, 2.75) is 57.9 Å². The van der Waals surface area contributed by atoms with Crippen molar-refractivity contribution in [1.29, 1.82) is 0 Å². The Balaban J connectivity index is 2.21. The van der Waals surface area contributed by atoms with E-state index >= 15 is 0 Å². The molecule has 1 unspecified atom stereocenters. The maximum atomic E-state index is 3.70. The summed E-state index contributed by atoms with van der Waals surface area (Å²) in [4.78, 5) is 0. The minimum Gasteiger partial charge on any atom is -0.313 e. The van der Waals surface area contributed by atoms with Crippen LogP contribution in [-0.2, 0) is 0 Å². The molecule has 1 rings (SSSR count). The van der Waals surface area contributed by atoms with E-state index in [2.05, 4.69) is 18.5 Å². The lowest BCUT2D eigenvalue weighted by Gasteiger charge is -2.26. The molecule has 0 aliphatic heterocycles. The normalized spacial score (nSPS) is 20.4. The molecule has 0 saturated heterocycles. The van der Waals surface area contributed by atoms with E-state index in [0.717, 1.165) is 12.0 Å². The zero-order valence-electron chi connectivity index (χ0n) is 10.4. The molecule has 1 atom stereocenters. The number of hydrogen-bond donors (Lipinski definition) is 1. The Labute approximate surface area is 99.8 Å². The van der Waals surface area contributed by atoms with Crippen molar-refractivity contribution in [1.82, 2.24) is 5.32 Å². The number of hydrogen-bond acceptors (Lipinski definition) is 2. The van der Waals surface area contributed by atoms with Crippen molar-refractivity contribution < 1.29 is 0 Å². The molecule has 0 amide bonds. The molecule has 0 radical (unpaired) electrons. The predicted molar refractivity (Wildman–Crippen MR) is 71.7 cm³/mol. The quantitative estimate of drug-likeness (QED) is 0.714. The van der Waals surface area contributed by atoms with Gasteiger partial charge >= 0.3 is 0 Å². The molecule has 0 aromatic heterocycles. The summed E-state index contributed by atoms with van der Waals surface area (Å²) in [7, 11) is 0. The smallest absolute Gasteiger partial charge is 0.0160 e. The zero-order valence-corrected chi connectivity index (χ0v) is 11.2. The third kappa shape index (κ3) is 5.82. The van der Waals surface area contributed by atoms with Crippen LogP contribution in [0.25, 0.3) is 0 Å². The topological polar surface area (TPSA) is 12.0 Å². The van der Waals surface area contributed by atoms with Gasteiger partial charge in [0.1, 0.15) is 0 Å². The summed E-state index contributed by atoms with van der Waals surface area (Å²) < 4.78 is 0. The Bertz CT molecular complexity index is 143. The van der Waals surface area contributed by atoms with Gasteiger partial charge in [0.05, 0.1) is 0 Å². The van der Waals surface area contributed by atoms with Gasteiger partial charge < -0.3 is 5.32 Å². The van der Waals surface area contributed by atoms with Crippen molar-refractivity contribution in [3.8, 4) is 0 Å². The van der Waals surface area contributed by atoms with Gasteiger partial charge in [-0.3, -0.25) is 0 Å². The first kappa shape index (κ1) is 13.4. The molecule has 1 fully saturated rings. The number of rotatable bonds is 7. The third-order valence-electron chi connectivity index (χ3n) is 3.39. The lowest BCUT2D eigenvalue weighted by atomic mass is 9.85. The van der Waals surface area contributed by atoms with E-state index in [9.17, 15) is 0 Å². The molecular formula is C13H27NS. The van der Waals surface area contributed by atoms with E-state index in [0.29, 0.717) is 0 Å². The molecule has 1 aliphatic carbocycles. The molecule has 0 bridgehead atoms. The Morgan fingerprint density at radius 3 is 2.60 bits per heavy atom. The molecule has 1 N–H and O–H groups in total. The monoisotopic (exact) mass is 229 g/mol. The lowest BCUT2D eigenvalue weighted by molar-refractivity contribution is 0.307. The molecule has 15 heavy (non-hydrogen) atoms. The summed E-state index contributed by atoms with van der Waals surface area (Å²) in [5.74, 6) is 2.30. The molecule has 1 nitrogen and oxygen atoms in total. The van der Waals surface area contributed by atoms with Gasteiger partial charge in [-0.2, -0.15) is 11.8 Å². The maximum Gasteiger partial charge on any atom is 0.0160 e. The van der Waals surface area contributed by atoms with Gasteiger partial charge in [-0.05, 0) is 31.6 Å². The van der Waals surface area contributed by atoms with Crippen molar-refractivity contribution in [2.24, 2.45) is 5.92 Å². The van der Waals surface area contributed by atoms with Crippen molar-refractivity contribution in [3.63, 3.8) is 0 Å². The van der Waals surface area contributed by atoms with Gasteiger partial charge in [0.25, 0.3) is 0 Å². The SMILES string of the molecule is CCCNC(CSC)CC1CCCCC1. The average Bonchev–Trinajstić information content (AvgIpc) is 2.28. The predicted octanol–water partition coefficient (Wildman–Crippen LogP) is 3.69. The first-order valence-corrected chi connectivity index (χ1v) is 7.98. The van der Waals surface area contributed by atoms with Crippen molar-refractivity contribution in [3.05, 3.63) is 0 Å². The van der Waals surface area contributed by atoms with Crippen LogP contribution < -0.4 is 5.32 Å². The number of thioether (sulfide) groups is 1. The van der Waals surface area contributed by atoms with Gasteiger partial charge in [0.2, 0.25) is 0 Å². The highest BCUT2D eigenvalue weighted by Gasteiger charge is 2.18. The second-order valence-corrected chi connectivity index (χ2v) is 5.76. The van der Waals surface area contributed by atoms with Crippen LogP contribution >= 0.6 is 11.8 Å². The van der Waals surface area contributed by atoms with Crippen molar-refractivity contribution in [2.75, 3.05) is 18.6 Å². The third-order valence-corrected chi connectivity index (χ3v) is 4.13. The van der Waals surface area contributed by atoms with Gasteiger partial charge in [0.15, 0.2) is 0 Å². The van der Waals surface area contributed by atoms with Gasteiger partial charge in [-0.25, -0.2) is 0 Å². The van der Waals surface area contributed by atoms with Crippen LogP contribution in [-0.4, -0.2) is 24.6 Å². The molecular weight excluding hydrogens is 202 g/mol. The highest BCUT2D eigenvalue weighted by atomic mass is 32.2. The summed E-state index contributed by atoms with van der Waals surface area (Å²) >= 11 is 1.99. The average molecular weight is 229 g/mol. The van der Waals surface area contributed by atoms with Crippen molar-refractivity contribution >= 4 is 11.8 Å². The molecule has 1 aliphatic rings. The molecule has 0 heterocycles. The fourth-order valence-corrected chi connectivity index (χ4v) is 3.24. The fourth-order valence-electron chi connectivity index (χ4n) is 2.59. The Morgan fingerprint density at radius 2 is 2.00 bits per heavy atom. The molecule has 2 heteroatoms. The number of nitrogens with one attached hydrogen (secondary N) is 1. The standard InChI is InChI=1S/C13H27NS/c1-3-9-14-13(11-15-2)10-12-7-5-4-6-8-12/h12-14H,3-11H2,1-2H3. The Morgan fingerprint density at radius 1 is 1.27 bits per heavy atom. The second kappa shape index (κ2) is 8.46. The summed E-state index contributed by atoms with van der Waals surface area (Å²) in [5, 5.41) is 3.70. The van der Waals surface area contributed by atoms with Crippen LogP contribution in [0.3, 0.4) is 0 Å². The summed E-state index contributed by atoms with van der Waals surface area (Å²) in [6, 6.07) is 0.767. The van der Waals surface area contributed by atoms with Gasteiger partial charge in [-0.1, -0.05) is 39.0 Å². The fraction of sp³-hybridized carbons (Fsp3) is 1.00. The highest BCUT2D eigenvalue weighted by Crippen LogP contribution is 2.27. The summed E-state index contributed by atoms with van der Waals surface area (Å²) in [5.41, 5.74) is 0. The summed E-state index contributed by atoms with van der Waals surface area (Å²) in [6.45, 7) is 3.45. The minimum absolute atomic E-state index is 0.767. The first-order valence-electron chi connectivity index (χ1n) is 6.59. The second-order valence-electron chi connectivity index (χ2n) is 4.85. The van der Waals surface area contributed by atoms with E-state index in [1.165, 1.54) is 57.2 Å². The zero-order chi connectivity index (χ0) is 10.9. The van der Waals surface area contributed by atoms with Crippen LogP contribution in [0, 0.1) is 5.92 Å². The Hall–Kier alpha value is 0.310. The first-order chi connectivity index (χ1) is 7.36. The van der Waals surface area contributed by atoms with Crippen LogP contribution in [0.5, 0.6) is 0 Å². The summed E-state index contributed by atoms with van der Waals surface area (Å²) in [6.07, 6.45) is 12.3. The highest BCUT2D eigenvalue weighted by molar-refractivity contribution is 7.98. The molecule has 0 spiro atoms. The molecule has 90 valence electrons. The largest absolute Gasteiger partial charge is 0.313 e. The van der Waals surface area contributed by atoms with E-state index in [4.69, 9.17) is 0 Å². The van der Waals surface area contributed by atoms with E-state index in [1.54, 1.807) is 0 Å². The van der Waals surface area contributed by atoms with Gasteiger partial charge in [0, 0.05) is 11.8 Å². The molecule has 0 aromatic rings.